The van der Waals surface area contributed by atoms with Crippen LogP contribution in [0.15, 0.2) is 24.3 Å². The number of para-hydroxylation sites is 1. The minimum absolute atomic E-state index is 0.414. The SMILES string of the molecule is OB1OCc2ccccc2O1. The summed E-state index contributed by atoms with van der Waals surface area (Å²) in [6.45, 7) is 0.414. The van der Waals surface area contributed by atoms with Crippen LogP contribution in [0.1, 0.15) is 5.56 Å². The zero-order valence-corrected chi connectivity index (χ0v) is 5.86. The Labute approximate surface area is 64.7 Å². The molecule has 0 unspecified atom stereocenters. The third-order valence-electron chi connectivity index (χ3n) is 1.58. The molecule has 0 saturated carbocycles. The molecule has 0 radical (unpaired) electrons. The van der Waals surface area contributed by atoms with Gasteiger partial charge in [-0.15, -0.1) is 0 Å². The van der Waals surface area contributed by atoms with E-state index < -0.39 is 7.32 Å². The van der Waals surface area contributed by atoms with Crippen LogP contribution in [0.25, 0.3) is 0 Å². The number of benzene rings is 1. The van der Waals surface area contributed by atoms with Crippen molar-refractivity contribution in [3.63, 3.8) is 0 Å². The van der Waals surface area contributed by atoms with Crippen molar-refractivity contribution in [2.75, 3.05) is 0 Å². The summed E-state index contributed by atoms with van der Waals surface area (Å²) in [4.78, 5) is 0. The Bertz CT molecular complexity index is 264. The second kappa shape index (κ2) is 2.56. The fourth-order valence-electron chi connectivity index (χ4n) is 1.04. The van der Waals surface area contributed by atoms with E-state index in [0.29, 0.717) is 12.4 Å². The van der Waals surface area contributed by atoms with Crippen LogP contribution in [-0.4, -0.2) is 12.3 Å². The first-order valence-electron chi connectivity index (χ1n) is 3.40. The smallest absolute Gasteiger partial charge is 0.512 e. The van der Waals surface area contributed by atoms with Crippen molar-refractivity contribution >= 4 is 7.32 Å². The Kier molecular flexibility index (Phi) is 1.56. The first kappa shape index (κ1) is 6.70. The van der Waals surface area contributed by atoms with Crippen molar-refractivity contribution in [2.24, 2.45) is 0 Å². The van der Waals surface area contributed by atoms with Crippen molar-refractivity contribution in [3.8, 4) is 5.75 Å². The van der Waals surface area contributed by atoms with E-state index in [1.165, 1.54) is 0 Å². The lowest BCUT2D eigenvalue weighted by Gasteiger charge is -2.18. The zero-order valence-electron chi connectivity index (χ0n) is 5.86. The van der Waals surface area contributed by atoms with Gasteiger partial charge in [0.2, 0.25) is 0 Å². The molecule has 0 fully saturated rings. The maximum absolute atomic E-state index is 8.91. The van der Waals surface area contributed by atoms with E-state index in [-0.39, 0.29) is 0 Å². The fourth-order valence-corrected chi connectivity index (χ4v) is 1.04. The van der Waals surface area contributed by atoms with E-state index in [4.69, 9.17) is 14.3 Å². The molecule has 1 aromatic carbocycles. The van der Waals surface area contributed by atoms with Gasteiger partial charge in [-0.25, -0.2) is 0 Å². The van der Waals surface area contributed by atoms with Gasteiger partial charge in [0.05, 0.1) is 6.61 Å². The highest BCUT2D eigenvalue weighted by molar-refractivity contribution is 6.36. The minimum atomic E-state index is -1.11. The molecule has 0 amide bonds. The van der Waals surface area contributed by atoms with Crippen molar-refractivity contribution in [2.45, 2.75) is 6.61 Å². The third-order valence-corrected chi connectivity index (χ3v) is 1.58. The number of rotatable bonds is 0. The number of fused-ring (bicyclic) bond motifs is 1. The first-order chi connectivity index (χ1) is 5.36. The molecule has 1 aliphatic heterocycles. The lowest BCUT2D eigenvalue weighted by atomic mass is 10.1. The van der Waals surface area contributed by atoms with E-state index in [0.717, 1.165) is 5.56 Å². The molecule has 1 N–H and O–H groups in total. The fraction of sp³-hybridized carbons (Fsp3) is 0.143. The maximum Gasteiger partial charge on any atom is 0.710 e. The van der Waals surface area contributed by atoms with Crippen LogP contribution in [0.2, 0.25) is 0 Å². The van der Waals surface area contributed by atoms with Gasteiger partial charge in [-0.05, 0) is 6.07 Å². The van der Waals surface area contributed by atoms with Gasteiger partial charge < -0.3 is 14.3 Å². The van der Waals surface area contributed by atoms with Crippen molar-refractivity contribution < 1.29 is 14.3 Å². The second-order valence-corrected chi connectivity index (χ2v) is 2.34. The van der Waals surface area contributed by atoms with Crippen LogP contribution in [0, 0.1) is 0 Å². The van der Waals surface area contributed by atoms with E-state index in [1.54, 1.807) is 6.07 Å². The Morgan fingerprint density at radius 2 is 2.18 bits per heavy atom. The molecular weight excluding hydrogens is 143 g/mol. The van der Waals surface area contributed by atoms with E-state index >= 15 is 0 Å². The molecule has 56 valence electrons. The second-order valence-electron chi connectivity index (χ2n) is 2.34. The molecule has 0 saturated heterocycles. The molecule has 2 rings (SSSR count). The van der Waals surface area contributed by atoms with Crippen molar-refractivity contribution in [3.05, 3.63) is 29.8 Å². The van der Waals surface area contributed by atoms with Crippen LogP contribution < -0.4 is 4.65 Å². The van der Waals surface area contributed by atoms with Crippen molar-refractivity contribution in [1.29, 1.82) is 0 Å². The molecule has 0 bridgehead atoms. The average Bonchev–Trinajstić information content (AvgIpc) is 2.04. The zero-order chi connectivity index (χ0) is 7.68. The van der Waals surface area contributed by atoms with Crippen LogP contribution >= 0.6 is 0 Å². The summed E-state index contributed by atoms with van der Waals surface area (Å²) < 4.78 is 9.80. The third kappa shape index (κ3) is 1.22. The summed E-state index contributed by atoms with van der Waals surface area (Å²) in [5.41, 5.74) is 0.970. The topological polar surface area (TPSA) is 38.7 Å². The number of hydrogen-bond acceptors (Lipinski definition) is 3. The normalized spacial score (nSPS) is 15.5. The predicted octanol–water partition coefficient (Wildman–Crippen LogP) is 0.573. The maximum atomic E-state index is 8.91. The highest BCUT2D eigenvalue weighted by Crippen LogP contribution is 2.22. The Hall–Kier alpha value is -0.995. The highest BCUT2D eigenvalue weighted by atomic mass is 16.7. The summed E-state index contributed by atoms with van der Waals surface area (Å²) in [5.74, 6) is 0.700. The van der Waals surface area contributed by atoms with Gasteiger partial charge in [-0.3, -0.25) is 0 Å². The van der Waals surface area contributed by atoms with Gasteiger partial charge in [-0.1, -0.05) is 18.2 Å². The molecule has 0 atom stereocenters. The molecule has 1 aliphatic rings. The molecule has 1 aromatic rings. The predicted molar refractivity (Wildman–Crippen MR) is 39.8 cm³/mol. The first-order valence-corrected chi connectivity index (χ1v) is 3.40. The van der Waals surface area contributed by atoms with E-state index in [2.05, 4.69) is 0 Å². The lowest BCUT2D eigenvalue weighted by Crippen LogP contribution is -2.30. The van der Waals surface area contributed by atoms with Gasteiger partial charge in [0.25, 0.3) is 0 Å². The highest BCUT2D eigenvalue weighted by Gasteiger charge is 2.24. The molecule has 11 heavy (non-hydrogen) atoms. The Balaban J connectivity index is 2.34. The summed E-state index contributed by atoms with van der Waals surface area (Å²) >= 11 is 0. The molecule has 3 nitrogen and oxygen atoms in total. The standard InChI is InChI=1S/C7H7BO3/c9-8-10-5-6-3-1-2-4-7(6)11-8/h1-4,9H,5H2. The van der Waals surface area contributed by atoms with Crippen molar-refractivity contribution in [1.82, 2.24) is 0 Å². The molecular formula is C7H7BO3. The molecule has 0 aliphatic carbocycles. The van der Waals surface area contributed by atoms with E-state index in [9.17, 15) is 0 Å². The van der Waals surface area contributed by atoms with Gasteiger partial charge in [0.1, 0.15) is 5.75 Å². The van der Waals surface area contributed by atoms with Gasteiger partial charge in [-0.2, -0.15) is 0 Å². The monoisotopic (exact) mass is 150 g/mol. The summed E-state index contributed by atoms with van der Waals surface area (Å²) in [5, 5.41) is 8.91. The van der Waals surface area contributed by atoms with Gasteiger partial charge in [0.15, 0.2) is 0 Å². The minimum Gasteiger partial charge on any atom is -0.512 e. The van der Waals surface area contributed by atoms with Crippen LogP contribution in [0.5, 0.6) is 5.75 Å². The quantitative estimate of drug-likeness (QED) is 0.549. The molecule has 0 spiro atoms. The Morgan fingerprint density at radius 3 is 3.09 bits per heavy atom. The Morgan fingerprint density at radius 1 is 1.36 bits per heavy atom. The van der Waals surface area contributed by atoms with Crippen LogP contribution in [0.4, 0.5) is 0 Å². The lowest BCUT2D eigenvalue weighted by molar-refractivity contribution is 0.162. The van der Waals surface area contributed by atoms with Gasteiger partial charge in [0, 0.05) is 5.56 Å². The van der Waals surface area contributed by atoms with Crippen LogP contribution in [-0.2, 0) is 11.3 Å². The molecule has 4 heteroatoms. The molecule has 0 aromatic heterocycles. The van der Waals surface area contributed by atoms with E-state index in [1.807, 2.05) is 18.2 Å². The largest absolute Gasteiger partial charge is 0.710 e. The van der Waals surface area contributed by atoms with Crippen LogP contribution in [0.3, 0.4) is 0 Å². The molecule has 1 heterocycles. The number of hydrogen-bond donors (Lipinski definition) is 1. The average molecular weight is 150 g/mol. The summed E-state index contributed by atoms with van der Waals surface area (Å²) in [6, 6.07) is 7.47. The summed E-state index contributed by atoms with van der Waals surface area (Å²) in [6.07, 6.45) is 0. The summed E-state index contributed by atoms with van der Waals surface area (Å²) in [7, 11) is -1.11. The van der Waals surface area contributed by atoms with Gasteiger partial charge >= 0.3 is 7.32 Å².